The zero-order valence-electron chi connectivity index (χ0n) is 8.06. The second-order valence-corrected chi connectivity index (χ2v) is 3.02. The van der Waals surface area contributed by atoms with Gasteiger partial charge < -0.3 is 15.9 Å². The van der Waals surface area contributed by atoms with Gasteiger partial charge in [-0.05, 0) is 12.5 Å². The van der Waals surface area contributed by atoms with Gasteiger partial charge in [0.25, 0.3) is 0 Å². The molecule has 0 fully saturated rings. The van der Waals surface area contributed by atoms with Crippen molar-refractivity contribution in [3.8, 4) is 0 Å². The maximum absolute atomic E-state index is 10.6. The van der Waals surface area contributed by atoms with Gasteiger partial charge in [0.1, 0.15) is 0 Å². The first-order chi connectivity index (χ1) is 6.45. The number of aliphatic carboxylic acids is 2. The molecule has 14 heavy (non-hydrogen) atoms. The maximum atomic E-state index is 10.6. The Morgan fingerprint density at radius 3 is 2.21 bits per heavy atom. The van der Waals surface area contributed by atoms with Crippen molar-refractivity contribution in [3.63, 3.8) is 0 Å². The number of carboxylic acid groups (broad SMARTS) is 2. The predicted molar refractivity (Wildman–Crippen MR) is 50.9 cm³/mol. The van der Waals surface area contributed by atoms with Gasteiger partial charge in [-0.15, -0.1) is 0 Å². The number of hydrogen-bond acceptors (Lipinski definition) is 3. The molecular weight excluding hydrogens is 186 g/mol. The van der Waals surface area contributed by atoms with Gasteiger partial charge in [0, 0.05) is 0 Å². The topological polar surface area (TPSA) is 101 Å². The molecule has 5 heteroatoms. The van der Waals surface area contributed by atoms with Crippen molar-refractivity contribution in [2.75, 3.05) is 0 Å². The third kappa shape index (κ3) is 3.18. The van der Waals surface area contributed by atoms with Crippen LogP contribution in [0.4, 0.5) is 0 Å². The number of unbranched alkanes of at least 4 members (excludes halogenated alkanes) is 2. The van der Waals surface area contributed by atoms with E-state index in [-0.39, 0.29) is 0 Å². The smallest absolute Gasteiger partial charge is 0.339 e. The van der Waals surface area contributed by atoms with Crippen LogP contribution >= 0.6 is 0 Å². The summed E-state index contributed by atoms with van der Waals surface area (Å²) in [5.74, 6) is -3.12. The van der Waals surface area contributed by atoms with E-state index in [9.17, 15) is 9.59 Å². The summed E-state index contributed by atoms with van der Waals surface area (Å²) in [6.07, 6.45) is 4.99. The molecule has 0 radical (unpaired) electrons. The normalized spacial score (nSPS) is 11.9. The number of rotatable bonds is 6. The molecule has 0 aliphatic heterocycles. The van der Waals surface area contributed by atoms with E-state index in [0.29, 0.717) is 6.42 Å². The molecule has 0 saturated heterocycles. The van der Waals surface area contributed by atoms with Crippen molar-refractivity contribution in [2.24, 2.45) is 5.73 Å². The molecule has 5 nitrogen and oxygen atoms in total. The highest BCUT2D eigenvalue weighted by molar-refractivity contribution is 6.05. The van der Waals surface area contributed by atoms with E-state index in [4.69, 9.17) is 15.9 Å². The highest BCUT2D eigenvalue weighted by Gasteiger charge is 2.39. The standard InChI is InChI=1S/C9H15NO4/c1-2-3-4-5-6-9(10,7(11)12)8(13)14/h5-6H,2-4,10H2,1H3,(H,11,12)(H,13,14)/b6-5+. The summed E-state index contributed by atoms with van der Waals surface area (Å²) in [5.41, 5.74) is 2.88. The van der Waals surface area contributed by atoms with E-state index in [0.717, 1.165) is 18.9 Å². The summed E-state index contributed by atoms with van der Waals surface area (Å²) in [6, 6.07) is 0. The first-order valence-corrected chi connectivity index (χ1v) is 4.38. The van der Waals surface area contributed by atoms with Crippen molar-refractivity contribution >= 4 is 11.9 Å². The summed E-state index contributed by atoms with van der Waals surface area (Å²) >= 11 is 0. The first-order valence-electron chi connectivity index (χ1n) is 4.38. The van der Waals surface area contributed by atoms with Gasteiger partial charge in [-0.1, -0.05) is 25.8 Å². The molecule has 4 N–H and O–H groups in total. The Bertz CT molecular complexity index is 233. The van der Waals surface area contributed by atoms with Crippen LogP contribution in [-0.2, 0) is 9.59 Å². The van der Waals surface area contributed by atoms with Gasteiger partial charge in [-0.3, -0.25) is 0 Å². The van der Waals surface area contributed by atoms with Crippen LogP contribution in [0, 0.1) is 0 Å². The van der Waals surface area contributed by atoms with Crippen LogP contribution < -0.4 is 5.73 Å². The lowest BCUT2D eigenvalue weighted by Gasteiger charge is -2.14. The molecule has 0 aliphatic rings. The fraction of sp³-hybridized carbons (Fsp3) is 0.556. The highest BCUT2D eigenvalue weighted by Crippen LogP contribution is 2.06. The van der Waals surface area contributed by atoms with Crippen molar-refractivity contribution in [1.29, 1.82) is 0 Å². The van der Waals surface area contributed by atoms with E-state index >= 15 is 0 Å². The summed E-state index contributed by atoms with van der Waals surface area (Å²) in [5, 5.41) is 17.2. The Morgan fingerprint density at radius 1 is 1.36 bits per heavy atom. The zero-order valence-corrected chi connectivity index (χ0v) is 8.06. The molecule has 0 aromatic rings. The maximum Gasteiger partial charge on any atom is 0.339 e. The molecule has 0 saturated carbocycles. The van der Waals surface area contributed by atoms with Crippen LogP contribution in [-0.4, -0.2) is 27.7 Å². The Kier molecular flexibility index (Phi) is 4.86. The van der Waals surface area contributed by atoms with Crippen LogP contribution in [0.2, 0.25) is 0 Å². The van der Waals surface area contributed by atoms with Crippen molar-refractivity contribution in [3.05, 3.63) is 12.2 Å². The van der Waals surface area contributed by atoms with Gasteiger partial charge in [0.2, 0.25) is 5.54 Å². The van der Waals surface area contributed by atoms with Crippen LogP contribution in [0.5, 0.6) is 0 Å². The lowest BCUT2D eigenvalue weighted by atomic mass is 10.0. The number of carbonyl (C=O) groups is 2. The molecule has 0 unspecified atom stereocenters. The molecule has 0 spiro atoms. The molecule has 0 atom stereocenters. The molecule has 0 rings (SSSR count). The van der Waals surface area contributed by atoms with E-state index in [2.05, 4.69) is 0 Å². The third-order valence-electron chi connectivity index (χ3n) is 1.81. The van der Waals surface area contributed by atoms with Gasteiger partial charge in [-0.25, -0.2) is 9.59 Å². The molecule has 0 aromatic heterocycles. The Balaban J connectivity index is 4.46. The van der Waals surface area contributed by atoms with Crippen LogP contribution in [0.1, 0.15) is 26.2 Å². The van der Waals surface area contributed by atoms with Crippen LogP contribution in [0.15, 0.2) is 12.2 Å². The minimum atomic E-state index is -2.30. The van der Waals surface area contributed by atoms with Crippen molar-refractivity contribution < 1.29 is 19.8 Å². The molecule has 0 bridgehead atoms. The number of allylic oxidation sites excluding steroid dienone is 1. The van der Waals surface area contributed by atoms with Crippen LogP contribution in [0.25, 0.3) is 0 Å². The monoisotopic (exact) mass is 201 g/mol. The number of carboxylic acids is 2. The van der Waals surface area contributed by atoms with Crippen LogP contribution in [0.3, 0.4) is 0 Å². The quantitative estimate of drug-likeness (QED) is 0.332. The SMILES string of the molecule is CCCC/C=C/C(N)(C(=O)O)C(=O)O. The summed E-state index contributed by atoms with van der Waals surface area (Å²) < 4.78 is 0. The number of nitrogens with two attached hydrogens (primary N) is 1. The van der Waals surface area contributed by atoms with Gasteiger partial charge in [0.15, 0.2) is 0 Å². The van der Waals surface area contributed by atoms with Crippen molar-refractivity contribution in [1.82, 2.24) is 0 Å². The first kappa shape index (κ1) is 12.6. The highest BCUT2D eigenvalue weighted by atomic mass is 16.4. The molecule has 0 heterocycles. The minimum absolute atomic E-state index is 0.635. The average molecular weight is 201 g/mol. The second kappa shape index (κ2) is 5.39. The minimum Gasteiger partial charge on any atom is -0.479 e. The van der Waals surface area contributed by atoms with E-state index in [1.165, 1.54) is 6.08 Å². The largest absolute Gasteiger partial charge is 0.479 e. The van der Waals surface area contributed by atoms with E-state index < -0.39 is 17.5 Å². The summed E-state index contributed by atoms with van der Waals surface area (Å²) in [4.78, 5) is 21.1. The fourth-order valence-electron chi connectivity index (χ4n) is 0.825. The Labute approximate surface area is 82.2 Å². The molecule has 0 aromatic carbocycles. The average Bonchev–Trinajstić information content (AvgIpc) is 2.11. The second-order valence-electron chi connectivity index (χ2n) is 3.02. The molecule has 80 valence electrons. The Hall–Kier alpha value is -1.36. The lowest BCUT2D eigenvalue weighted by Crippen LogP contribution is -2.53. The number of hydrogen-bond donors (Lipinski definition) is 3. The summed E-state index contributed by atoms with van der Waals surface area (Å²) in [6.45, 7) is 1.98. The van der Waals surface area contributed by atoms with E-state index in [1.54, 1.807) is 0 Å². The third-order valence-corrected chi connectivity index (χ3v) is 1.81. The molecule has 0 amide bonds. The zero-order chi connectivity index (χ0) is 11.2. The van der Waals surface area contributed by atoms with Gasteiger partial charge in [0.05, 0.1) is 0 Å². The van der Waals surface area contributed by atoms with Gasteiger partial charge >= 0.3 is 11.9 Å². The fourth-order valence-corrected chi connectivity index (χ4v) is 0.825. The van der Waals surface area contributed by atoms with Crippen molar-refractivity contribution in [2.45, 2.75) is 31.7 Å². The van der Waals surface area contributed by atoms with Gasteiger partial charge in [-0.2, -0.15) is 0 Å². The Morgan fingerprint density at radius 2 is 1.86 bits per heavy atom. The predicted octanol–water partition coefficient (Wildman–Crippen LogP) is 0.599. The molecule has 0 aliphatic carbocycles. The molecular formula is C9H15NO4. The van der Waals surface area contributed by atoms with E-state index in [1.807, 2.05) is 6.92 Å². The summed E-state index contributed by atoms with van der Waals surface area (Å²) in [7, 11) is 0. The lowest BCUT2D eigenvalue weighted by molar-refractivity contribution is -0.153.